The Bertz CT molecular complexity index is 391. The topological polar surface area (TPSA) is 85.7 Å². The molecule has 6 nitrogen and oxygen atoms in total. The lowest BCUT2D eigenvalue weighted by molar-refractivity contribution is -0.153. The zero-order valence-corrected chi connectivity index (χ0v) is 12.4. The van der Waals surface area contributed by atoms with Crippen molar-refractivity contribution >= 4 is 52.6 Å². The summed E-state index contributed by atoms with van der Waals surface area (Å²) in [6.07, 6.45) is -1.62. The molecule has 0 heterocycles. The molecule has 0 fully saturated rings. The van der Waals surface area contributed by atoms with E-state index >= 15 is 0 Å². The highest BCUT2D eigenvalue weighted by Crippen LogP contribution is 2.29. The maximum atomic E-state index is 11.6. The van der Waals surface area contributed by atoms with Crippen LogP contribution in [0.25, 0.3) is 0 Å². The van der Waals surface area contributed by atoms with Crippen LogP contribution in [0.5, 0.6) is 0 Å². The highest BCUT2D eigenvalue weighted by Gasteiger charge is 2.37. The van der Waals surface area contributed by atoms with Gasteiger partial charge in [0.25, 0.3) is 3.79 Å². The summed E-state index contributed by atoms with van der Waals surface area (Å²) in [6.45, 7) is 4.93. The van der Waals surface area contributed by atoms with Gasteiger partial charge in [0.1, 0.15) is 0 Å². The molecule has 0 spiro atoms. The first-order valence-electron chi connectivity index (χ1n) is 4.91. The fourth-order valence-corrected chi connectivity index (χ4v) is 1.04. The maximum Gasteiger partial charge on any atom is 0.352 e. The van der Waals surface area contributed by atoms with Crippen LogP contribution in [0.15, 0.2) is 12.2 Å². The zero-order valence-electron chi connectivity index (χ0n) is 10.2. The first-order chi connectivity index (χ1) is 8.65. The Morgan fingerprint density at radius 2 is 1.89 bits per heavy atom. The van der Waals surface area contributed by atoms with Gasteiger partial charge in [0.2, 0.25) is 12.0 Å². The first-order valence-corrected chi connectivity index (χ1v) is 6.04. The third-order valence-corrected chi connectivity index (χ3v) is 2.27. The second kappa shape index (κ2) is 7.57. The molecule has 0 bridgehead atoms. The Kier molecular flexibility index (Phi) is 7.18. The fourth-order valence-electron chi connectivity index (χ4n) is 0.902. The molecule has 0 aliphatic heterocycles. The number of halogens is 3. The van der Waals surface area contributed by atoms with E-state index in [1.807, 2.05) is 0 Å². The van der Waals surface area contributed by atoms with Crippen molar-refractivity contribution in [1.82, 2.24) is 0 Å². The summed E-state index contributed by atoms with van der Waals surface area (Å²) in [7, 11) is 1.09. The van der Waals surface area contributed by atoms with Crippen LogP contribution in [0, 0.1) is 5.41 Å². The third kappa shape index (κ3) is 5.67. The van der Waals surface area contributed by atoms with E-state index in [0.717, 1.165) is 7.11 Å². The largest absolute Gasteiger partial charge is 0.466 e. The van der Waals surface area contributed by atoms with E-state index in [-0.39, 0.29) is 12.2 Å². The average molecular weight is 333 g/mol. The van der Waals surface area contributed by atoms with Crippen molar-refractivity contribution in [2.45, 2.75) is 16.8 Å². The van der Waals surface area contributed by atoms with Gasteiger partial charge in [0.05, 0.1) is 19.3 Å². The Morgan fingerprint density at radius 1 is 1.37 bits per heavy atom. The van der Waals surface area contributed by atoms with E-state index in [9.17, 15) is 9.59 Å². The second-order valence-corrected chi connectivity index (χ2v) is 5.37. The lowest BCUT2D eigenvalue weighted by Gasteiger charge is -2.21. The molecule has 0 saturated heterocycles. The standard InChI is InChI=1S/C10H12Cl3NO5/c1-4-18-8(16)6(5(2)7(15)17-3)19-9(14)10(11,12)13/h6,14H,2,4H2,1,3H3. The van der Waals surface area contributed by atoms with Crippen LogP contribution >= 0.6 is 34.8 Å². The van der Waals surface area contributed by atoms with E-state index in [1.165, 1.54) is 0 Å². The minimum atomic E-state index is -2.18. The highest BCUT2D eigenvalue weighted by atomic mass is 35.6. The number of rotatable bonds is 5. The summed E-state index contributed by atoms with van der Waals surface area (Å²) in [4.78, 5) is 22.9. The molecule has 0 aliphatic rings. The first kappa shape index (κ1) is 18.0. The summed E-state index contributed by atoms with van der Waals surface area (Å²) < 4.78 is 11.7. The lowest BCUT2D eigenvalue weighted by Crippen LogP contribution is -2.37. The number of carbonyl (C=O) groups excluding carboxylic acids is 2. The number of carbonyl (C=O) groups is 2. The van der Waals surface area contributed by atoms with Gasteiger partial charge >= 0.3 is 11.9 Å². The van der Waals surface area contributed by atoms with Crippen LogP contribution in [-0.4, -0.2) is 41.4 Å². The number of ether oxygens (including phenoxy) is 3. The van der Waals surface area contributed by atoms with E-state index in [0.29, 0.717) is 0 Å². The Balaban J connectivity index is 5.08. The minimum absolute atomic E-state index is 0.0360. The SMILES string of the molecule is C=C(C(=O)OC)C(OC(=N)C(Cl)(Cl)Cl)C(=O)OCC. The van der Waals surface area contributed by atoms with Crippen molar-refractivity contribution in [3.05, 3.63) is 12.2 Å². The summed E-state index contributed by atoms with van der Waals surface area (Å²) in [5.74, 6) is -2.70. The molecule has 1 unspecified atom stereocenters. The summed E-state index contributed by atoms with van der Waals surface area (Å²) in [5.41, 5.74) is -0.375. The van der Waals surface area contributed by atoms with Gasteiger partial charge in [-0.25, -0.2) is 9.59 Å². The monoisotopic (exact) mass is 331 g/mol. The van der Waals surface area contributed by atoms with Crippen molar-refractivity contribution in [1.29, 1.82) is 5.41 Å². The molecular weight excluding hydrogens is 320 g/mol. The minimum Gasteiger partial charge on any atom is -0.466 e. The second-order valence-electron chi connectivity index (χ2n) is 3.09. The summed E-state index contributed by atoms with van der Waals surface area (Å²) in [5, 5.41) is 7.37. The molecule has 0 rings (SSSR count). The van der Waals surface area contributed by atoms with Crippen molar-refractivity contribution in [2.75, 3.05) is 13.7 Å². The quantitative estimate of drug-likeness (QED) is 0.274. The predicted molar refractivity (Wildman–Crippen MR) is 70.7 cm³/mol. The molecular formula is C10H12Cl3NO5. The Hall–Kier alpha value is -0.980. The molecule has 0 amide bonds. The van der Waals surface area contributed by atoms with Crippen LogP contribution in [0.3, 0.4) is 0 Å². The molecule has 0 aromatic heterocycles. The van der Waals surface area contributed by atoms with Crippen LogP contribution in [0.2, 0.25) is 0 Å². The van der Waals surface area contributed by atoms with E-state index in [4.69, 9.17) is 44.9 Å². The molecule has 0 aromatic rings. The fraction of sp³-hybridized carbons (Fsp3) is 0.500. The molecule has 0 aliphatic carbocycles. The molecule has 1 atom stereocenters. The van der Waals surface area contributed by atoms with Crippen LogP contribution < -0.4 is 0 Å². The number of nitrogens with one attached hydrogen (secondary N) is 1. The van der Waals surface area contributed by atoms with Gasteiger partial charge in [-0.05, 0) is 6.92 Å². The number of hydrogen-bond donors (Lipinski definition) is 1. The molecule has 9 heteroatoms. The van der Waals surface area contributed by atoms with Crippen molar-refractivity contribution in [2.24, 2.45) is 0 Å². The van der Waals surface area contributed by atoms with Crippen molar-refractivity contribution < 1.29 is 23.8 Å². The van der Waals surface area contributed by atoms with Crippen LogP contribution in [-0.2, 0) is 23.8 Å². The molecule has 19 heavy (non-hydrogen) atoms. The summed E-state index contributed by atoms with van der Waals surface area (Å²) in [6, 6.07) is 0. The van der Waals surface area contributed by atoms with E-state index in [2.05, 4.69) is 16.1 Å². The number of alkyl halides is 3. The number of methoxy groups -OCH3 is 1. The van der Waals surface area contributed by atoms with E-state index < -0.39 is 27.7 Å². The molecule has 0 radical (unpaired) electrons. The maximum absolute atomic E-state index is 11.6. The van der Waals surface area contributed by atoms with Crippen molar-refractivity contribution in [3.8, 4) is 0 Å². The van der Waals surface area contributed by atoms with Crippen LogP contribution in [0.1, 0.15) is 6.92 Å². The molecule has 0 saturated carbocycles. The highest BCUT2D eigenvalue weighted by molar-refractivity contribution is 6.76. The molecule has 108 valence electrons. The lowest BCUT2D eigenvalue weighted by atomic mass is 10.1. The van der Waals surface area contributed by atoms with Gasteiger partial charge in [-0.3, -0.25) is 5.41 Å². The van der Waals surface area contributed by atoms with Gasteiger partial charge in [-0.15, -0.1) is 0 Å². The average Bonchev–Trinajstić information content (AvgIpc) is 2.32. The smallest absolute Gasteiger partial charge is 0.352 e. The van der Waals surface area contributed by atoms with Gasteiger partial charge in [0.15, 0.2) is 0 Å². The van der Waals surface area contributed by atoms with Gasteiger partial charge < -0.3 is 14.2 Å². The molecule has 1 N–H and O–H groups in total. The van der Waals surface area contributed by atoms with E-state index in [1.54, 1.807) is 6.92 Å². The van der Waals surface area contributed by atoms with Gasteiger partial charge in [-0.2, -0.15) is 0 Å². The normalized spacial score (nSPS) is 12.3. The third-order valence-electron chi connectivity index (χ3n) is 1.76. The van der Waals surface area contributed by atoms with Crippen LogP contribution in [0.4, 0.5) is 0 Å². The van der Waals surface area contributed by atoms with Gasteiger partial charge in [0, 0.05) is 0 Å². The number of hydrogen-bond acceptors (Lipinski definition) is 6. The predicted octanol–water partition coefficient (Wildman–Crippen LogP) is 2.01. The zero-order chi connectivity index (χ0) is 15.2. The van der Waals surface area contributed by atoms with Crippen molar-refractivity contribution in [3.63, 3.8) is 0 Å². The Morgan fingerprint density at radius 3 is 2.26 bits per heavy atom. The number of esters is 2. The summed E-state index contributed by atoms with van der Waals surface area (Å²) >= 11 is 16.2. The Labute approximate surface area is 125 Å². The van der Waals surface area contributed by atoms with Gasteiger partial charge in [-0.1, -0.05) is 41.4 Å². The molecule has 0 aromatic carbocycles.